The van der Waals surface area contributed by atoms with Gasteiger partial charge in [0.2, 0.25) is 47.3 Å². The molecule has 96 heavy (non-hydrogen) atoms. The number of hydrogen-bond acceptors (Lipinski definition) is 13. The zero-order chi connectivity index (χ0) is 74.4. The molecule has 1 aromatic rings. The molecule has 23 heteroatoms. The van der Waals surface area contributed by atoms with E-state index in [0.717, 1.165) is 0 Å². The second kappa shape index (κ2) is 36.8. The Morgan fingerprint density at radius 1 is 0.510 bits per heavy atom. The van der Waals surface area contributed by atoms with Crippen molar-refractivity contribution >= 4 is 72.9 Å². The maximum absolute atomic E-state index is 16.0. The molecule has 0 radical (unpaired) electrons. The number of nitrogens with zero attached hydrogens (tertiary/aromatic N) is 9. The van der Waals surface area contributed by atoms with Gasteiger partial charge in [-0.2, -0.15) is 0 Å². The Bertz CT molecular complexity index is 2830. The monoisotopic (exact) mass is 1370 g/mol. The lowest BCUT2D eigenvalue weighted by atomic mass is 9.84. The third-order valence-corrected chi connectivity index (χ3v) is 24.9. The van der Waals surface area contributed by atoms with Gasteiger partial charge in [0.05, 0.1) is 18.2 Å². The highest BCUT2D eigenvalue weighted by Crippen LogP contribution is 2.40. The van der Waals surface area contributed by atoms with Crippen molar-refractivity contribution in [1.82, 2.24) is 49.2 Å². The largest absolute Gasteiger partial charge is 0.411 e. The van der Waals surface area contributed by atoms with Crippen LogP contribution in [0.2, 0.25) is 18.1 Å². The minimum Gasteiger partial charge on any atom is -0.411 e. The average Bonchev–Trinajstić information content (AvgIpc) is 0.808. The third kappa shape index (κ3) is 22.6. The molecule has 22 nitrogen and oxygen atoms in total. The van der Waals surface area contributed by atoms with E-state index in [1.165, 1.54) is 90.6 Å². The van der Waals surface area contributed by atoms with Crippen LogP contribution in [0.3, 0.4) is 0 Å². The number of ketones is 3. The summed E-state index contributed by atoms with van der Waals surface area (Å²) in [6.45, 7) is 41.3. The Labute approximate surface area is 579 Å². The lowest BCUT2D eigenvalue weighted by Crippen LogP contribution is -2.63. The Balaban J connectivity index is 3.19. The van der Waals surface area contributed by atoms with Gasteiger partial charge in [-0.25, -0.2) is 4.98 Å². The summed E-state index contributed by atoms with van der Waals surface area (Å²) in [4.78, 5) is 180. The SMILES string of the molecule is CC[C@H]1CC(=O)[C@@H]([C@H](O[Si](C)(C)C(C)(C)C)[C@H](C)Cc2nccn2C)N(C)C(=O)[C@@H](C(C)C)N(C)C(=O)[C@@H](CC(C)C)N(C)C(=O)[C@@H](CC(C)C)N(C)C(=O)[C@H](C)NC(=O)[C@@H](C)CC(=O)[C@@H](CC(C)C)N(C)C(=O)[C@@H](C(C)C)CC(=O)[C@H](CC(C)C)N(C)C(=O)[C@@H](C)N(C)C1=O. The molecule has 8 amide bonds. The number of nitrogens with one attached hydrogen (secondary N) is 1. The summed E-state index contributed by atoms with van der Waals surface area (Å²) in [6, 6.07) is -9.12. The number of aryl methyl sites for hydroxylation is 1. The van der Waals surface area contributed by atoms with E-state index in [9.17, 15) is 28.8 Å². The van der Waals surface area contributed by atoms with Crippen LogP contribution < -0.4 is 5.32 Å². The van der Waals surface area contributed by atoms with Crippen LogP contribution in [-0.2, 0) is 70.6 Å². The first kappa shape index (κ1) is 86.2. The van der Waals surface area contributed by atoms with Crippen LogP contribution in [0.15, 0.2) is 12.4 Å². The zero-order valence-electron chi connectivity index (χ0n) is 64.9. The van der Waals surface area contributed by atoms with Gasteiger partial charge in [0, 0.05) is 112 Å². The molecule has 0 aliphatic carbocycles. The van der Waals surface area contributed by atoms with Crippen LogP contribution in [0.5, 0.6) is 0 Å². The van der Waals surface area contributed by atoms with E-state index in [1.54, 1.807) is 40.8 Å². The van der Waals surface area contributed by atoms with Gasteiger partial charge in [-0.3, -0.25) is 52.7 Å². The summed E-state index contributed by atoms with van der Waals surface area (Å²) in [5.41, 5.74) is 0. The van der Waals surface area contributed by atoms with E-state index in [1.807, 2.05) is 94.0 Å². The number of carbonyl (C=O) groups is 11. The Morgan fingerprint density at radius 3 is 1.36 bits per heavy atom. The summed E-state index contributed by atoms with van der Waals surface area (Å²) in [6.07, 6.45) is 2.95. The van der Waals surface area contributed by atoms with Crippen LogP contribution >= 0.6 is 0 Å². The molecule has 13 atom stereocenters. The highest BCUT2D eigenvalue weighted by molar-refractivity contribution is 6.74. The smallest absolute Gasteiger partial charge is 0.246 e. The van der Waals surface area contributed by atoms with Crippen molar-refractivity contribution in [2.45, 2.75) is 269 Å². The molecule has 0 bridgehead atoms. The molecule has 0 aromatic carbocycles. The molecule has 2 rings (SSSR count). The average molecular weight is 1370 g/mol. The van der Waals surface area contributed by atoms with Crippen molar-refractivity contribution in [2.24, 2.45) is 66.2 Å². The minimum absolute atomic E-state index is 0.0710. The number of hydrogen-bond donors (Lipinski definition) is 1. The van der Waals surface area contributed by atoms with E-state index in [2.05, 4.69) is 44.2 Å². The van der Waals surface area contributed by atoms with Crippen LogP contribution in [-0.4, -0.2) is 221 Å². The van der Waals surface area contributed by atoms with Gasteiger partial charge in [0.1, 0.15) is 42.1 Å². The van der Waals surface area contributed by atoms with E-state index >= 15 is 24.0 Å². The van der Waals surface area contributed by atoms with Crippen molar-refractivity contribution in [1.29, 1.82) is 0 Å². The Morgan fingerprint density at radius 2 is 0.938 bits per heavy atom. The molecule has 1 N–H and O–H groups in total. The number of carbonyl (C=O) groups excluding carboxylic acids is 11. The Kier molecular flexibility index (Phi) is 33.1. The van der Waals surface area contributed by atoms with E-state index in [-0.39, 0.29) is 91.6 Å². The molecule has 2 heterocycles. The number of aromatic nitrogens is 2. The topological polar surface area (TPSA) is 250 Å². The first-order valence-electron chi connectivity index (χ1n) is 35.4. The van der Waals surface area contributed by atoms with Crippen molar-refractivity contribution < 1.29 is 57.2 Å². The van der Waals surface area contributed by atoms with Crippen LogP contribution in [0.4, 0.5) is 0 Å². The minimum atomic E-state index is -2.86. The number of Topliss-reactive ketones (excluding diaryl/α,β-unsaturated/α-hetero) is 3. The summed E-state index contributed by atoms with van der Waals surface area (Å²) in [7, 11) is 9.63. The molecule has 1 aromatic heterocycles. The molecule has 0 spiro atoms. The quantitative estimate of drug-likeness (QED) is 0.143. The fraction of sp³-hybridized carbons (Fsp3) is 0.808. The maximum Gasteiger partial charge on any atom is 0.246 e. The van der Waals surface area contributed by atoms with Gasteiger partial charge < -0.3 is 48.6 Å². The van der Waals surface area contributed by atoms with E-state index < -0.39 is 151 Å². The summed E-state index contributed by atoms with van der Waals surface area (Å²) < 4.78 is 9.30. The molecular formula is C73H130N10O12Si. The first-order chi connectivity index (χ1) is 44.0. The highest BCUT2D eigenvalue weighted by atomic mass is 28.4. The normalized spacial score (nSPS) is 26.5. The molecule has 1 fully saturated rings. The highest BCUT2D eigenvalue weighted by Gasteiger charge is 2.50. The van der Waals surface area contributed by atoms with Crippen molar-refractivity contribution in [3.63, 3.8) is 0 Å². The van der Waals surface area contributed by atoms with Crippen molar-refractivity contribution in [3.8, 4) is 0 Å². The van der Waals surface area contributed by atoms with Crippen LogP contribution in [0.1, 0.15) is 196 Å². The van der Waals surface area contributed by atoms with Gasteiger partial charge in [0.25, 0.3) is 0 Å². The number of imidazole rings is 1. The predicted molar refractivity (Wildman–Crippen MR) is 380 cm³/mol. The summed E-state index contributed by atoms with van der Waals surface area (Å²) >= 11 is 0. The number of likely N-dealkylation sites (N-methyl/N-ethyl adjacent to an activating group) is 7. The second-order valence-corrected chi connectivity index (χ2v) is 36.9. The molecule has 0 unspecified atom stereocenters. The molecule has 1 saturated heterocycles. The fourth-order valence-electron chi connectivity index (χ4n) is 12.9. The van der Waals surface area contributed by atoms with E-state index in [0.29, 0.717) is 12.2 Å². The lowest BCUT2D eigenvalue weighted by Gasteiger charge is -2.46. The van der Waals surface area contributed by atoms with E-state index in [4.69, 9.17) is 4.43 Å². The van der Waals surface area contributed by atoms with Gasteiger partial charge in [0.15, 0.2) is 25.7 Å². The van der Waals surface area contributed by atoms with Crippen LogP contribution in [0, 0.1) is 59.2 Å². The molecule has 1 aliphatic rings. The Hall–Kier alpha value is -5.84. The molecule has 1 aliphatic heterocycles. The zero-order valence-corrected chi connectivity index (χ0v) is 65.9. The van der Waals surface area contributed by atoms with Gasteiger partial charge in [-0.15, -0.1) is 0 Å². The molecular weight excluding hydrogens is 1240 g/mol. The first-order valence-corrected chi connectivity index (χ1v) is 38.3. The molecule has 548 valence electrons. The standard InChI is InChI=1S/C73H130N10O12Si/c1-31-52-40-60(86)63(64(95-96(29,30)73(18,19)20)48(14)39-61-74-32-33-76(61)21)83(28)72(94)62(47(12)13)82(27)71(93)57(37-45(8)9)81(26)70(92)56(36-44(6)7)80(25)66(88)50(16)75-65(87)49(15)38-58(84)54(34-42(2)3)79(24)69(91)53(46(10)11)41-59(85)55(35-43(4)5)78(23)67(89)51(17)77(22)68(52)90/h32-33,42-57,62-64H,31,34-41H2,1-30H3,(H,75,87)/t48-,49+,50+,51-,52+,53-,54-,55+,56-,57-,62-,63+,64-/m1/s1. The molecule has 0 saturated carbocycles. The predicted octanol–water partition coefficient (Wildman–Crippen LogP) is 8.97. The fourth-order valence-corrected chi connectivity index (χ4v) is 14.3. The third-order valence-electron chi connectivity index (χ3n) is 20.4. The van der Waals surface area contributed by atoms with Gasteiger partial charge >= 0.3 is 0 Å². The van der Waals surface area contributed by atoms with Crippen LogP contribution in [0.25, 0.3) is 0 Å². The number of amides is 8. The van der Waals surface area contributed by atoms with Gasteiger partial charge in [-0.1, -0.05) is 125 Å². The van der Waals surface area contributed by atoms with Gasteiger partial charge in [-0.05, 0) is 106 Å². The summed E-state index contributed by atoms with van der Waals surface area (Å²) in [5.74, 6) is -9.67. The van der Waals surface area contributed by atoms with Crippen molar-refractivity contribution in [2.75, 3.05) is 49.3 Å². The van der Waals surface area contributed by atoms with Crippen molar-refractivity contribution in [3.05, 3.63) is 18.2 Å². The number of rotatable bonds is 17. The summed E-state index contributed by atoms with van der Waals surface area (Å²) in [5, 5.41) is 2.39. The maximum atomic E-state index is 16.0. The second-order valence-electron chi connectivity index (χ2n) is 32.1. The lowest BCUT2D eigenvalue weighted by molar-refractivity contribution is -0.157.